The molecule has 2 rings (SSSR count). The summed E-state index contributed by atoms with van der Waals surface area (Å²) < 4.78 is 0. The van der Waals surface area contributed by atoms with Crippen LogP contribution in [0.4, 0.5) is 0 Å². The molecule has 0 amide bonds. The van der Waals surface area contributed by atoms with Crippen LogP contribution in [0.1, 0.15) is 50.7 Å². The Morgan fingerprint density at radius 2 is 1.22 bits per heavy atom. The first-order valence-corrected chi connectivity index (χ1v) is 11.5. The summed E-state index contributed by atoms with van der Waals surface area (Å²) in [4.78, 5) is 1.89. The van der Waals surface area contributed by atoms with Crippen LogP contribution in [0.15, 0.2) is 70.5 Å². The van der Waals surface area contributed by atoms with Gasteiger partial charge < -0.3 is 0 Å². The normalized spacial score (nSPS) is 15.2. The summed E-state index contributed by atoms with van der Waals surface area (Å²) >= 11 is 19.9. The van der Waals surface area contributed by atoms with E-state index >= 15 is 0 Å². The first-order chi connectivity index (χ1) is 13.0. The quantitative estimate of drug-likeness (QED) is 0.294. The lowest BCUT2D eigenvalue weighted by atomic mass is 9.69. The lowest BCUT2D eigenvalue weighted by Crippen LogP contribution is -2.39. The van der Waals surface area contributed by atoms with Crippen LogP contribution in [0.2, 0.25) is 0 Å². The van der Waals surface area contributed by atoms with Crippen LogP contribution in [-0.2, 0) is 5.41 Å². The van der Waals surface area contributed by atoms with Crippen molar-refractivity contribution >= 4 is 50.5 Å². The Hall–Kier alpha value is -0.420. The Morgan fingerprint density at radius 1 is 0.778 bits per heavy atom. The minimum absolute atomic E-state index is 0.0693. The fraction of sp³-hybridized carbons (Fsp3) is 0.391. The third-order valence-corrected chi connectivity index (χ3v) is 7.68. The SMILES string of the molecule is CCCC(S)C(S)=C(S)C(c1ccccc1)(c1ccccc1)C(S)CCC. The monoisotopic (exact) mass is 434 g/mol. The Kier molecular flexibility index (Phi) is 9.27. The summed E-state index contributed by atoms with van der Waals surface area (Å²) in [5, 5.41) is 0.143. The zero-order chi connectivity index (χ0) is 19.9. The van der Waals surface area contributed by atoms with Gasteiger partial charge >= 0.3 is 0 Å². The van der Waals surface area contributed by atoms with Gasteiger partial charge in [-0.1, -0.05) is 87.4 Å². The minimum Gasteiger partial charge on any atom is -0.174 e. The maximum atomic E-state index is 5.13. The van der Waals surface area contributed by atoms with Gasteiger partial charge in [-0.2, -0.15) is 25.3 Å². The molecule has 0 radical (unpaired) electrons. The number of benzene rings is 2. The molecule has 0 bridgehead atoms. The van der Waals surface area contributed by atoms with Gasteiger partial charge in [-0.05, 0) is 24.0 Å². The molecule has 0 fully saturated rings. The summed E-state index contributed by atoms with van der Waals surface area (Å²) in [6, 6.07) is 21.2. The van der Waals surface area contributed by atoms with Crippen molar-refractivity contribution in [3.63, 3.8) is 0 Å². The highest BCUT2D eigenvalue weighted by atomic mass is 32.1. The van der Waals surface area contributed by atoms with Crippen molar-refractivity contribution < 1.29 is 0 Å². The molecule has 2 aromatic rings. The van der Waals surface area contributed by atoms with E-state index in [-0.39, 0.29) is 10.5 Å². The van der Waals surface area contributed by atoms with Crippen LogP contribution in [0.25, 0.3) is 0 Å². The first kappa shape index (κ1) is 22.9. The fourth-order valence-electron chi connectivity index (χ4n) is 3.64. The molecule has 0 aliphatic heterocycles. The van der Waals surface area contributed by atoms with Crippen molar-refractivity contribution in [2.24, 2.45) is 0 Å². The first-order valence-electron chi connectivity index (χ1n) is 9.59. The molecule has 4 heteroatoms. The number of allylic oxidation sites excluding steroid dienone is 1. The maximum Gasteiger partial charge on any atom is 0.0632 e. The Bertz CT molecular complexity index is 685. The van der Waals surface area contributed by atoms with Gasteiger partial charge in [0.25, 0.3) is 0 Å². The summed E-state index contributed by atoms with van der Waals surface area (Å²) in [6.45, 7) is 4.37. The third kappa shape index (κ3) is 4.95. The van der Waals surface area contributed by atoms with E-state index in [1.807, 2.05) is 0 Å². The van der Waals surface area contributed by atoms with Gasteiger partial charge in [0.2, 0.25) is 0 Å². The van der Waals surface area contributed by atoms with Gasteiger partial charge in [0.05, 0.1) is 5.41 Å². The second-order valence-electron chi connectivity index (χ2n) is 6.88. The lowest BCUT2D eigenvalue weighted by molar-refractivity contribution is 0.555. The Morgan fingerprint density at radius 3 is 1.63 bits per heavy atom. The molecule has 2 unspecified atom stereocenters. The molecule has 0 heterocycles. The topological polar surface area (TPSA) is 0 Å². The zero-order valence-electron chi connectivity index (χ0n) is 16.0. The summed E-state index contributed by atoms with van der Waals surface area (Å²) in [5.74, 6) is 0. The van der Waals surface area contributed by atoms with Gasteiger partial charge in [-0.25, -0.2) is 0 Å². The van der Waals surface area contributed by atoms with Gasteiger partial charge in [-0.15, -0.1) is 25.3 Å². The molecule has 0 aromatic heterocycles. The van der Waals surface area contributed by atoms with Crippen molar-refractivity contribution in [3.05, 3.63) is 81.6 Å². The average molecular weight is 435 g/mol. The molecular formula is C23H30S4. The third-order valence-electron chi connectivity index (χ3n) is 5.01. The number of thiol groups is 4. The number of hydrogen-bond acceptors (Lipinski definition) is 4. The second-order valence-corrected chi connectivity index (χ2v) is 9.06. The molecule has 0 N–H and O–H groups in total. The molecule has 27 heavy (non-hydrogen) atoms. The molecule has 2 aromatic carbocycles. The minimum atomic E-state index is -0.462. The van der Waals surface area contributed by atoms with Gasteiger partial charge in [0.1, 0.15) is 0 Å². The Labute approximate surface area is 186 Å². The van der Waals surface area contributed by atoms with E-state index in [1.54, 1.807) is 0 Å². The number of hydrogen-bond donors (Lipinski definition) is 4. The summed E-state index contributed by atoms with van der Waals surface area (Å²) in [7, 11) is 0. The molecular weight excluding hydrogens is 405 g/mol. The molecule has 0 aliphatic carbocycles. The van der Waals surface area contributed by atoms with Gasteiger partial charge in [0.15, 0.2) is 0 Å². The second kappa shape index (κ2) is 10.9. The highest BCUT2D eigenvalue weighted by molar-refractivity contribution is 7.90. The maximum absolute atomic E-state index is 5.13. The highest BCUT2D eigenvalue weighted by Gasteiger charge is 2.43. The van der Waals surface area contributed by atoms with Crippen LogP contribution in [-0.4, -0.2) is 10.5 Å². The number of rotatable bonds is 9. The molecule has 0 saturated heterocycles. The zero-order valence-corrected chi connectivity index (χ0v) is 19.6. The molecule has 2 atom stereocenters. The van der Waals surface area contributed by atoms with E-state index in [1.165, 1.54) is 11.1 Å². The van der Waals surface area contributed by atoms with Crippen LogP contribution in [0.3, 0.4) is 0 Å². The fourth-order valence-corrected chi connectivity index (χ4v) is 5.80. The van der Waals surface area contributed by atoms with Crippen LogP contribution in [0, 0.1) is 0 Å². The van der Waals surface area contributed by atoms with Crippen molar-refractivity contribution in [1.29, 1.82) is 0 Å². The van der Waals surface area contributed by atoms with E-state index < -0.39 is 5.41 Å². The van der Waals surface area contributed by atoms with Crippen molar-refractivity contribution in [1.82, 2.24) is 0 Å². The van der Waals surface area contributed by atoms with Crippen molar-refractivity contribution in [3.8, 4) is 0 Å². The Balaban J connectivity index is 2.82. The largest absolute Gasteiger partial charge is 0.174 e. The smallest absolute Gasteiger partial charge is 0.0632 e. The highest BCUT2D eigenvalue weighted by Crippen LogP contribution is 2.49. The summed E-state index contributed by atoms with van der Waals surface area (Å²) in [5.41, 5.74) is 1.92. The molecule has 0 saturated carbocycles. The average Bonchev–Trinajstić information content (AvgIpc) is 2.70. The predicted octanol–water partition coefficient (Wildman–Crippen LogP) is 7.24. The van der Waals surface area contributed by atoms with E-state index in [0.29, 0.717) is 0 Å². The van der Waals surface area contributed by atoms with Crippen molar-refractivity contribution in [2.45, 2.75) is 55.4 Å². The van der Waals surface area contributed by atoms with Crippen molar-refractivity contribution in [2.75, 3.05) is 0 Å². The van der Waals surface area contributed by atoms with E-state index in [2.05, 4.69) is 74.5 Å². The van der Waals surface area contributed by atoms with Crippen LogP contribution in [0.5, 0.6) is 0 Å². The van der Waals surface area contributed by atoms with E-state index in [9.17, 15) is 0 Å². The molecule has 146 valence electrons. The predicted molar refractivity (Wildman–Crippen MR) is 134 cm³/mol. The lowest BCUT2D eigenvalue weighted by Gasteiger charge is -2.42. The molecule has 0 aliphatic rings. The van der Waals surface area contributed by atoms with E-state index in [0.717, 1.165) is 35.5 Å². The van der Waals surface area contributed by atoms with Gasteiger partial charge in [0, 0.05) is 20.3 Å². The molecule has 0 spiro atoms. The van der Waals surface area contributed by atoms with Crippen LogP contribution < -0.4 is 0 Å². The van der Waals surface area contributed by atoms with Crippen LogP contribution >= 0.6 is 50.5 Å². The van der Waals surface area contributed by atoms with E-state index in [4.69, 9.17) is 50.5 Å². The standard InChI is InChI=1S/C23H30S4/c1-3-11-19(24)21(26)22(27)23(20(25)12-4-2,17-13-7-5-8-14-17)18-15-9-6-10-16-18/h5-10,13-16,19-20,24-27H,3-4,11-12H2,1-2H3. The summed E-state index contributed by atoms with van der Waals surface area (Å²) in [6.07, 6.45) is 4.06. The van der Waals surface area contributed by atoms with Gasteiger partial charge in [-0.3, -0.25) is 0 Å². The molecule has 0 nitrogen and oxygen atoms in total.